The number of rotatable bonds is 3. The summed E-state index contributed by atoms with van der Waals surface area (Å²) in [7, 11) is 0. The standard InChI is InChI=1S/C15H7F6NO2/c16-14(17,18)10-1-8(2-11(5-10)15(19,20)21)9-3-12(6-23)22-13(4-9)7-24/h1-7H. The Balaban J connectivity index is 2.74. The third kappa shape index (κ3) is 3.79. The molecular weight excluding hydrogens is 340 g/mol. The van der Waals surface area contributed by atoms with Gasteiger partial charge in [-0.2, -0.15) is 26.3 Å². The van der Waals surface area contributed by atoms with Crippen molar-refractivity contribution in [3.8, 4) is 11.1 Å². The topological polar surface area (TPSA) is 47.0 Å². The largest absolute Gasteiger partial charge is 0.416 e. The maximum absolute atomic E-state index is 12.9. The molecule has 0 unspecified atom stereocenters. The lowest BCUT2D eigenvalue weighted by Gasteiger charge is -2.14. The van der Waals surface area contributed by atoms with Gasteiger partial charge >= 0.3 is 12.4 Å². The Bertz CT molecular complexity index is 737. The number of hydrogen-bond acceptors (Lipinski definition) is 3. The molecule has 0 atom stereocenters. The summed E-state index contributed by atoms with van der Waals surface area (Å²) in [6, 6.07) is 3.00. The second kappa shape index (κ2) is 6.06. The van der Waals surface area contributed by atoms with Crippen LogP contribution < -0.4 is 0 Å². The molecule has 0 aliphatic heterocycles. The van der Waals surface area contributed by atoms with E-state index in [2.05, 4.69) is 4.98 Å². The Morgan fingerprint density at radius 3 is 1.38 bits per heavy atom. The van der Waals surface area contributed by atoms with E-state index in [4.69, 9.17) is 0 Å². The van der Waals surface area contributed by atoms with Crippen molar-refractivity contribution in [1.82, 2.24) is 4.98 Å². The molecule has 2 aromatic rings. The number of alkyl halides is 6. The van der Waals surface area contributed by atoms with E-state index in [-0.39, 0.29) is 35.6 Å². The lowest BCUT2D eigenvalue weighted by atomic mass is 9.98. The highest BCUT2D eigenvalue weighted by Crippen LogP contribution is 2.38. The Morgan fingerprint density at radius 2 is 1.04 bits per heavy atom. The van der Waals surface area contributed by atoms with E-state index in [1.165, 1.54) is 0 Å². The lowest BCUT2D eigenvalue weighted by Crippen LogP contribution is -2.11. The molecule has 3 nitrogen and oxygen atoms in total. The zero-order chi connectivity index (χ0) is 18.1. The molecule has 1 heterocycles. The molecule has 24 heavy (non-hydrogen) atoms. The molecule has 0 N–H and O–H groups in total. The summed E-state index contributed by atoms with van der Waals surface area (Å²) < 4.78 is 77.1. The number of nitrogens with zero attached hydrogens (tertiary/aromatic N) is 1. The van der Waals surface area contributed by atoms with Crippen LogP contribution in [0.2, 0.25) is 0 Å². The van der Waals surface area contributed by atoms with Gasteiger partial charge in [-0.05, 0) is 41.5 Å². The number of pyridine rings is 1. The van der Waals surface area contributed by atoms with Crippen LogP contribution in [-0.2, 0) is 12.4 Å². The molecule has 0 saturated carbocycles. The summed E-state index contributed by atoms with van der Waals surface area (Å²) in [6.07, 6.45) is -9.53. The number of halogens is 6. The predicted molar refractivity (Wildman–Crippen MR) is 70.5 cm³/mol. The Hall–Kier alpha value is -2.71. The van der Waals surface area contributed by atoms with Crippen LogP contribution in [0.5, 0.6) is 0 Å². The zero-order valence-corrected chi connectivity index (χ0v) is 11.6. The van der Waals surface area contributed by atoms with Crippen molar-refractivity contribution in [3.05, 3.63) is 52.8 Å². The van der Waals surface area contributed by atoms with Gasteiger partial charge in [0.2, 0.25) is 0 Å². The molecule has 0 aliphatic rings. The van der Waals surface area contributed by atoms with Crippen LogP contribution in [-0.4, -0.2) is 17.6 Å². The first-order chi connectivity index (χ1) is 11.0. The van der Waals surface area contributed by atoms with E-state index in [9.17, 15) is 35.9 Å². The minimum absolute atomic E-state index is 0.00798. The molecule has 0 bridgehead atoms. The summed E-state index contributed by atoms with van der Waals surface area (Å²) in [5, 5.41) is 0. The van der Waals surface area contributed by atoms with E-state index in [1.807, 2.05) is 0 Å². The molecule has 0 radical (unpaired) electrons. The van der Waals surface area contributed by atoms with Crippen LogP contribution in [0.15, 0.2) is 30.3 Å². The molecule has 0 fully saturated rings. The molecule has 0 amide bonds. The smallest absolute Gasteiger partial charge is 0.296 e. The summed E-state index contributed by atoms with van der Waals surface area (Å²) in [6.45, 7) is 0. The molecule has 1 aromatic carbocycles. The number of carbonyl (C=O) groups is 2. The molecule has 126 valence electrons. The third-order valence-corrected chi connectivity index (χ3v) is 3.03. The van der Waals surface area contributed by atoms with E-state index < -0.39 is 29.0 Å². The van der Waals surface area contributed by atoms with Crippen molar-refractivity contribution >= 4 is 12.6 Å². The average Bonchev–Trinajstić information content (AvgIpc) is 2.52. The molecule has 0 spiro atoms. The van der Waals surface area contributed by atoms with Gasteiger partial charge in [0.15, 0.2) is 12.6 Å². The quantitative estimate of drug-likeness (QED) is 0.610. The fourth-order valence-electron chi connectivity index (χ4n) is 1.98. The first-order valence-corrected chi connectivity index (χ1v) is 6.27. The number of benzene rings is 1. The van der Waals surface area contributed by atoms with E-state index >= 15 is 0 Å². The fourth-order valence-corrected chi connectivity index (χ4v) is 1.98. The van der Waals surface area contributed by atoms with E-state index in [0.717, 1.165) is 12.1 Å². The summed E-state index contributed by atoms with van der Waals surface area (Å²) in [5.74, 6) is 0. The van der Waals surface area contributed by atoms with Gasteiger partial charge in [-0.3, -0.25) is 9.59 Å². The predicted octanol–water partition coefficient (Wildman–Crippen LogP) is 4.41. The zero-order valence-electron chi connectivity index (χ0n) is 11.6. The van der Waals surface area contributed by atoms with Gasteiger partial charge in [-0.15, -0.1) is 0 Å². The minimum atomic E-state index is -5.00. The second-order valence-corrected chi connectivity index (χ2v) is 4.74. The second-order valence-electron chi connectivity index (χ2n) is 4.74. The van der Waals surface area contributed by atoms with Crippen LogP contribution in [0.3, 0.4) is 0 Å². The maximum Gasteiger partial charge on any atom is 0.416 e. The number of aromatic nitrogens is 1. The van der Waals surface area contributed by atoms with Crippen LogP contribution in [0, 0.1) is 0 Å². The van der Waals surface area contributed by atoms with Crippen LogP contribution >= 0.6 is 0 Å². The van der Waals surface area contributed by atoms with Crippen molar-refractivity contribution in [2.45, 2.75) is 12.4 Å². The third-order valence-electron chi connectivity index (χ3n) is 3.03. The van der Waals surface area contributed by atoms with Gasteiger partial charge in [-0.1, -0.05) is 0 Å². The Kier molecular flexibility index (Phi) is 4.46. The van der Waals surface area contributed by atoms with Gasteiger partial charge in [0.1, 0.15) is 11.4 Å². The van der Waals surface area contributed by atoms with Gasteiger partial charge in [0.25, 0.3) is 0 Å². The monoisotopic (exact) mass is 347 g/mol. The van der Waals surface area contributed by atoms with Crippen molar-refractivity contribution in [3.63, 3.8) is 0 Å². The number of aldehydes is 2. The fraction of sp³-hybridized carbons (Fsp3) is 0.133. The Labute approximate surface area is 130 Å². The molecule has 2 rings (SSSR count). The highest BCUT2D eigenvalue weighted by molar-refractivity contribution is 5.82. The first-order valence-electron chi connectivity index (χ1n) is 6.27. The van der Waals surface area contributed by atoms with E-state index in [1.54, 1.807) is 0 Å². The summed E-state index contributed by atoms with van der Waals surface area (Å²) in [4.78, 5) is 25.1. The van der Waals surface area contributed by atoms with Crippen molar-refractivity contribution < 1.29 is 35.9 Å². The van der Waals surface area contributed by atoms with Gasteiger partial charge in [0, 0.05) is 0 Å². The molecule has 0 aliphatic carbocycles. The first kappa shape index (κ1) is 17.6. The van der Waals surface area contributed by atoms with Gasteiger partial charge in [-0.25, -0.2) is 4.98 Å². The maximum atomic E-state index is 12.9. The van der Waals surface area contributed by atoms with Crippen LogP contribution in [0.4, 0.5) is 26.3 Å². The van der Waals surface area contributed by atoms with Gasteiger partial charge < -0.3 is 0 Å². The van der Waals surface area contributed by atoms with E-state index in [0.29, 0.717) is 12.1 Å². The highest BCUT2D eigenvalue weighted by Gasteiger charge is 2.37. The normalized spacial score (nSPS) is 12.1. The molecule has 9 heteroatoms. The van der Waals surface area contributed by atoms with Gasteiger partial charge in [0.05, 0.1) is 11.1 Å². The highest BCUT2D eigenvalue weighted by atomic mass is 19.4. The molecule has 0 saturated heterocycles. The molecule has 1 aromatic heterocycles. The average molecular weight is 347 g/mol. The van der Waals surface area contributed by atoms with Crippen LogP contribution in [0.25, 0.3) is 11.1 Å². The molecular formula is C15H7F6NO2. The summed E-state index contributed by atoms with van der Waals surface area (Å²) in [5.41, 5.74) is -4.17. The van der Waals surface area contributed by atoms with Crippen molar-refractivity contribution in [2.24, 2.45) is 0 Å². The number of hydrogen-bond donors (Lipinski definition) is 0. The summed E-state index contributed by atoms with van der Waals surface area (Å²) >= 11 is 0. The van der Waals surface area contributed by atoms with Crippen LogP contribution in [0.1, 0.15) is 32.1 Å². The van der Waals surface area contributed by atoms with Crippen molar-refractivity contribution in [1.29, 1.82) is 0 Å². The number of carbonyl (C=O) groups excluding carboxylic acids is 2. The SMILES string of the molecule is O=Cc1cc(-c2cc(C(F)(F)F)cc(C(F)(F)F)c2)cc(C=O)n1. The Morgan fingerprint density at radius 1 is 0.667 bits per heavy atom. The lowest BCUT2D eigenvalue weighted by molar-refractivity contribution is -0.143. The van der Waals surface area contributed by atoms with Crippen molar-refractivity contribution in [2.75, 3.05) is 0 Å². The minimum Gasteiger partial charge on any atom is -0.296 e.